The van der Waals surface area contributed by atoms with Crippen molar-refractivity contribution in [2.75, 3.05) is 13.1 Å². The lowest BCUT2D eigenvalue weighted by atomic mass is 10.3. The molecule has 0 aliphatic carbocycles. The number of nitrogens with one attached hydrogen (secondary N) is 1. The van der Waals surface area contributed by atoms with E-state index in [4.69, 9.17) is 5.73 Å². The van der Waals surface area contributed by atoms with Gasteiger partial charge in [-0.1, -0.05) is 11.8 Å². The van der Waals surface area contributed by atoms with E-state index in [2.05, 4.69) is 17.2 Å². The first kappa shape index (κ1) is 12.6. The molecule has 1 aromatic rings. The average Bonchev–Trinajstić information content (AvgIpc) is 2.71. The molecule has 0 aliphatic rings. The number of alkyl halides is 2. The molecule has 0 bridgehead atoms. The van der Waals surface area contributed by atoms with Crippen LogP contribution in [0.4, 0.5) is 8.78 Å². The van der Waals surface area contributed by atoms with Crippen LogP contribution in [-0.4, -0.2) is 25.4 Å². The maximum Gasteiger partial charge on any atom is 0.255 e. The molecule has 0 unspecified atom stereocenters. The van der Waals surface area contributed by atoms with E-state index in [-0.39, 0.29) is 6.54 Å². The molecular formula is C10H10F2N2OS. The first-order valence-corrected chi connectivity index (χ1v) is 5.35. The van der Waals surface area contributed by atoms with Crippen molar-refractivity contribution in [2.45, 2.75) is 6.43 Å². The number of rotatable bonds is 3. The van der Waals surface area contributed by atoms with Crippen LogP contribution in [0.15, 0.2) is 11.4 Å². The van der Waals surface area contributed by atoms with Crippen molar-refractivity contribution in [1.82, 2.24) is 5.32 Å². The monoisotopic (exact) mass is 244 g/mol. The molecule has 0 saturated heterocycles. The Morgan fingerprint density at radius 2 is 2.38 bits per heavy atom. The largest absolute Gasteiger partial charge is 0.346 e. The standard InChI is InChI=1S/C10H10F2N2OS/c11-9(12)5-14-10(15)7-4-8(16-6-7)2-1-3-13/h4,6,9H,3,5,13H2,(H,14,15). The summed E-state index contributed by atoms with van der Waals surface area (Å²) in [6, 6.07) is 1.55. The van der Waals surface area contributed by atoms with E-state index >= 15 is 0 Å². The lowest BCUT2D eigenvalue weighted by Crippen LogP contribution is -2.28. The zero-order valence-corrected chi connectivity index (χ0v) is 9.11. The maximum atomic E-state index is 11.8. The minimum Gasteiger partial charge on any atom is -0.346 e. The second kappa shape index (κ2) is 6.20. The second-order valence-corrected chi connectivity index (χ2v) is 3.72. The van der Waals surface area contributed by atoms with Crippen molar-refractivity contribution < 1.29 is 13.6 Å². The minimum absolute atomic E-state index is 0.241. The van der Waals surface area contributed by atoms with Crippen LogP contribution in [0.25, 0.3) is 0 Å². The summed E-state index contributed by atoms with van der Waals surface area (Å²) in [5, 5.41) is 3.68. The van der Waals surface area contributed by atoms with E-state index in [1.807, 2.05) is 0 Å². The molecule has 6 heteroatoms. The Morgan fingerprint density at radius 1 is 1.62 bits per heavy atom. The van der Waals surface area contributed by atoms with Gasteiger partial charge >= 0.3 is 0 Å². The third-order valence-electron chi connectivity index (χ3n) is 1.59. The van der Waals surface area contributed by atoms with Gasteiger partial charge in [0, 0.05) is 5.38 Å². The van der Waals surface area contributed by atoms with Gasteiger partial charge in [0.25, 0.3) is 12.3 Å². The van der Waals surface area contributed by atoms with Gasteiger partial charge < -0.3 is 11.1 Å². The molecule has 0 spiro atoms. The van der Waals surface area contributed by atoms with Gasteiger partial charge in [-0.05, 0) is 6.07 Å². The highest BCUT2D eigenvalue weighted by Crippen LogP contribution is 2.13. The van der Waals surface area contributed by atoms with Crippen LogP contribution < -0.4 is 11.1 Å². The number of thiophene rings is 1. The van der Waals surface area contributed by atoms with E-state index in [1.54, 1.807) is 11.4 Å². The summed E-state index contributed by atoms with van der Waals surface area (Å²) in [6.45, 7) is -0.399. The summed E-state index contributed by atoms with van der Waals surface area (Å²) in [5.74, 6) is 4.89. The molecule has 1 aromatic heterocycles. The summed E-state index contributed by atoms with van der Waals surface area (Å²) in [4.78, 5) is 12.0. The average molecular weight is 244 g/mol. The first-order valence-electron chi connectivity index (χ1n) is 4.47. The Labute approximate surface area is 95.6 Å². The Kier molecular flexibility index (Phi) is 4.89. The second-order valence-electron chi connectivity index (χ2n) is 2.81. The van der Waals surface area contributed by atoms with Crippen molar-refractivity contribution in [3.05, 3.63) is 21.9 Å². The molecule has 86 valence electrons. The van der Waals surface area contributed by atoms with Crippen LogP contribution in [-0.2, 0) is 0 Å². The Bertz CT molecular complexity index is 420. The van der Waals surface area contributed by atoms with Crippen molar-refractivity contribution in [2.24, 2.45) is 5.73 Å². The number of hydrogen-bond donors (Lipinski definition) is 2. The molecule has 0 atom stereocenters. The van der Waals surface area contributed by atoms with Crippen LogP contribution >= 0.6 is 11.3 Å². The number of halogens is 2. The maximum absolute atomic E-state index is 11.8. The molecule has 1 rings (SSSR count). The fraction of sp³-hybridized carbons (Fsp3) is 0.300. The van der Waals surface area contributed by atoms with Gasteiger partial charge in [-0.3, -0.25) is 4.79 Å². The number of hydrogen-bond acceptors (Lipinski definition) is 3. The third kappa shape index (κ3) is 3.96. The van der Waals surface area contributed by atoms with Gasteiger partial charge in [0.2, 0.25) is 0 Å². The summed E-state index contributed by atoms with van der Waals surface area (Å²) in [5.41, 5.74) is 5.53. The molecule has 1 heterocycles. The normalized spacial score (nSPS) is 9.75. The van der Waals surface area contributed by atoms with Crippen LogP contribution in [0.5, 0.6) is 0 Å². The van der Waals surface area contributed by atoms with Gasteiger partial charge in [-0.25, -0.2) is 8.78 Å². The predicted octanol–water partition coefficient (Wildman–Crippen LogP) is 1.05. The summed E-state index contributed by atoms with van der Waals surface area (Å²) >= 11 is 1.27. The highest BCUT2D eigenvalue weighted by Gasteiger charge is 2.10. The lowest BCUT2D eigenvalue weighted by molar-refractivity contribution is 0.0892. The Morgan fingerprint density at radius 3 is 3.00 bits per heavy atom. The number of carbonyl (C=O) groups is 1. The van der Waals surface area contributed by atoms with Gasteiger partial charge in [0.05, 0.1) is 23.5 Å². The topological polar surface area (TPSA) is 55.1 Å². The fourth-order valence-electron chi connectivity index (χ4n) is 0.931. The van der Waals surface area contributed by atoms with Crippen LogP contribution in [0.1, 0.15) is 15.2 Å². The van der Waals surface area contributed by atoms with E-state index in [9.17, 15) is 13.6 Å². The molecule has 1 amide bonds. The van der Waals surface area contributed by atoms with E-state index in [0.717, 1.165) is 0 Å². The summed E-state index contributed by atoms with van der Waals surface area (Å²) in [6.07, 6.45) is -2.54. The lowest BCUT2D eigenvalue weighted by Gasteiger charge is -2.01. The van der Waals surface area contributed by atoms with Crippen LogP contribution in [0.2, 0.25) is 0 Å². The quantitative estimate of drug-likeness (QED) is 0.781. The molecule has 0 fully saturated rings. The molecule has 3 N–H and O–H groups in total. The van der Waals surface area contributed by atoms with Crippen molar-refractivity contribution >= 4 is 17.2 Å². The summed E-state index contributed by atoms with van der Waals surface area (Å²) < 4.78 is 23.7. The van der Waals surface area contributed by atoms with E-state index < -0.39 is 18.9 Å². The molecule has 0 saturated carbocycles. The zero-order valence-electron chi connectivity index (χ0n) is 8.30. The molecule has 3 nitrogen and oxygen atoms in total. The number of nitrogens with two attached hydrogens (primary N) is 1. The van der Waals surface area contributed by atoms with Gasteiger partial charge in [-0.2, -0.15) is 0 Å². The van der Waals surface area contributed by atoms with Gasteiger partial charge in [-0.15, -0.1) is 11.3 Å². The minimum atomic E-state index is -2.54. The van der Waals surface area contributed by atoms with E-state index in [1.165, 1.54) is 11.3 Å². The van der Waals surface area contributed by atoms with Gasteiger partial charge in [0.15, 0.2) is 0 Å². The zero-order chi connectivity index (χ0) is 12.0. The van der Waals surface area contributed by atoms with Gasteiger partial charge in [0.1, 0.15) is 0 Å². The third-order valence-corrected chi connectivity index (χ3v) is 2.44. The smallest absolute Gasteiger partial charge is 0.255 e. The van der Waals surface area contributed by atoms with Crippen LogP contribution in [0.3, 0.4) is 0 Å². The Balaban J connectivity index is 2.60. The van der Waals surface area contributed by atoms with Crippen molar-refractivity contribution in [1.29, 1.82) is 0 Å². The molecule has 0 aliphatic heterocycles. The fourth-order valence-corrected chi connectivity index (χ4v) is 1.69. The number of carbonyl (C=O) groups excluding carboxylic acids is 1. The molecule has 16 heavy (non-hydrogen) atoms. The molecular weight excluding hydrogens is 234 g/mol. The van der Waals surface area contributed by atoms with Crippen molar-refractivity contribution in [3.63, 3.8) is 0 Å². The first-order chi connectivity index (χ1) is 7.63. The van der Waals surface area contributed by atoms with Crippen LogP contribution in [0, 0.1) is 11.8 Å². The predicted molar refractivity (Wildman–Crippen MR) is 58.6 cm³/mol. The number of amides is 1. The molecule has 0 radical (unpaired) electrons. The highest BCUT2D eigenvalue weighted by molar-refractivity contribution is 7.10. The Hall–Kier alpha value is -1.45. The van der Waals surface area contributed by atoms with Crippen molar-refractivity contribution in [3.8, 4) is 11.8 Å². The SMILES string of the molecule is NCC#Cc1cc(C(=O)NCC(F)F)cs1. The molecule has 0 aromatic carbocycles. The highest BCUT2D eigenvalue weighted by atomic mass is 32.1. The summed E-state index contributed by atoms with van der Waals surface area (Å²) in [7, 11) is 0. The van der Waals surface area contributed by atoms with E-state index in [0.29, 0.717) is 10.4 Å².